The second kappa shape index (κ2) is 37.5. The van der Waals surface area contributed by atoms with Gasteiger partial charge in [-0.15, -0.1) is 0 Å². The van der Waals surface area contributed by atoms with E-state index < -0.39 is 0 Å². The molecule has 0 saturated carbocycles. The molecule has 0 saturated heterocycles. The zero-order valence-electron chi connectivity index (χ0n) is 28.8. The predicted molar refractivity (Wildman–Crippen MR) is 184 cm³/mol. The quantitative estimate of drug-likeness (QED) is 0.0546. The van der Waals surface area contributed by atoms with Gasteiger partial charge in [-0.1, -0.05) is 219 Å². The topological polar surface area (TPSA) is 26.3 Å². The molecule has 0 heterocycles. The molecule has 0 N–H and O–H groups in total. The summed E-state index contributed by atoms with van der Waals surface area (Å²) >= 11 is 0. The molecule has 0 unspecified atom stereocenters. The fourth-order valence-electron chi connectivity index (χ4n) is 6.08. The van der Waals surface area contributed by atoms with Crippen LogP contribution in [0.1, 0.15) is 239 Å². The van der Waals surface area contributed by atoms with Crippen molar-refractivity contribution in [1.29, 1.82) is 0 Å². The highest BCUT2D eigenvalue weighted by Gasteiger charge is 2.03. The first-order chi connectivity index (χ1) is 20.3. The van der Waals surface area contributed by atoms with Gasteiger partial charge in [0.2, 0.25) is 0 Å². The lowest BCUT2D eigenvalue weighted by atomic mass is 10.0. The van der Waals surface area contributed by atoms with Crippen molar-refractivity contribution in [3.63, 3.8) is 0 Å². The molecule has 246 valence electrons. The van der Waals surface area contributed by atoms with Crippen LogP contribution < -0.4 is 0 Å². The highest BCUT2D eigenvalue weighted by atomic mass is 16.5. The molecule has 2 nitrogen and oxygen atoms in total. The Morgan fingerprint density at radius 3 is 0.805 bits per heavy atom. The largest absolute Gasteiger partial charge is 0.466 e. The van der Waals surface area contributed by atoms with Crippen LogP contribution in [0.25, 0.3) is 0 Å². The van der Waals surface area contributed by atoms with E-state index in [1.165, 1.54) is 205 Å². The molecule has 0 radical (unpaired) electrons. The average Bonchev–Trinajstić information content (AvgIpc) is 2.98. The number of hydrogen-bond acceptors (Lipinski definition) is 2. The van der Waals surface area contributed by atoms with E-state index in [0.29, 0.717) is 13.0 Å². The van der Waals surface area contributed by atoms with Crippen LogP contribution in [0.3, 0.4) is 0 Å². The fraction of sp³-hybridized carbons (Fsp3) is 0.974. The highest BCUT2D eigenvalue weighted by molar-refractivity contribution is 5.69. The molecule has 0 aromatic heterocycles. The summed E-state index contributed by atoms with van der Waals surface area (Å²) in [6.45, 7) is 5.22. The van der Waals surface area contributed by atoms with Gasteiger partial charge >= 0.3 is 5.97 Å². The molecule has 41 heavy (non-hydrogen) atoms. The molecular formula is C39H78O2. The SMILES string of the molecule is CCCCCCCCCCCCCCCCCCCCOC(=O)CCCCCCCCCCCCCCCCCC. The highest BCUT2D eigenvalue weighted by Crippen LogP contribution is 2.16. The number of unbranched alkanes of at least 4 members (excludes halogenated alkanes) is 32. The number of esters is 1. The van der Waals surface area contributed by atoms with Gasteiger partial charge in [-0.05, 0) is 12.8 Å². The Balaban J connectivity index is 3.14. The third kappa shape index (κ3) is 37.4. The van der Waals surface area contributed by atoms with Crippen molar-refractivity contribution < 1.29 is 9.53 Å². The van der Waals surface area contributed by atoms with Gasteiger partial charge in [0.25, 0.3) is 0 Å². The van der Waals surface area contributed by atoms with Gasteiger partial charge in [0.1, 0.15) is 0 Å². The minimum absolute atomic E-state index is 0.0299. The Labute approximate surface area is 260 Å². The average molecular weight is 579 g/mol. The van der Waals surface area contributed by atoms with Crippen LogP contribution in [0.15, 0.2) is 0 Å². The van der Waals surface area contributed by atoms with Crippen LogP contribution in [-0.4, -0.2) is 12.6 Å². The van der Waals surface area contributed by atoms with Gasteiger partial charge in [0.05, 0.1) is 6.61 Å². The predicted octanol–water partition coefficient (Wildman–Crippen LogP) is 14.2. The lowest BCUT2D eigenvalue weighted by molar-refractivity contribution is -0.143. The van der Waals surface area contributed by atoms with Crippen molar-refractivity contribution in [2.24, 2.45) is 0 Å². The van der Waals surface area contributed by atoms with Crippen LogP contribution in [0.4, 0.5) is 0 Å². The van der Waals surface area contributed by atoms with E-state index in [-0.39, 0.29) is 5.97 Å². The minimum atomic E-state index is 0.0299. The van der Waals surface area contributed by atoms with Crippen molar-refractivity contribution in [2.75, 3.05) is 6.61 Å². The monoisotopic (exact) mass is 579 g/mol. The summed E-state index contributed by atoms with van der Waals surface area (Å²) in [5, 5.41) is 0. The van der Waals surface area contributed by atoms with E-state index >= 15 is 0 Å². The Morgan fingerprint density at radius 1 is 0.317 bits per heavy atom. The van der Waals surface area contributed by atoms with Gasteiger partial charge < -0.3 is 4.74 Å². The zero-order chi connectivity index (χ0) is 29.7. The van der Waals surface area contributed by atoms with E-state index in [2.05, 4.69) is 13.8 Å². The molecule has 0 amide bonds. The summed E-state index contributed by atoms with van der Waals surface area (Å²) in [6, 6.07) is 0. The first-order valence-electron chi connectivity index (χ1n) is 19.5. The number of ether oxygens (including phenoxy) is 1. The van der Waals surface area contributed by atoms with Crippen molar-refractivity contribution in [3.8, 4) is 0 Å². The standard InChI is InChI=1S/C39H78O2/c1-3-5-7-9-11-13-15-17-19-21-22-24-26-28-30-32-34-36-38-41-39(40)37-35-33-31-29-27-25-23-20-18-16-14-12-10-8-6-4-2/h3-38H2,1-2H3. The summed E-state index contributed by atoms with van der Waals surface area (Å²) in [5.41, 5.74) is 0. The van der Waals surface area contributed by atoms with E-state index in [9.17, 15) is 4.79 Å². The number of hydrogen-bond donors (Lipinski definition) is 0. The maximum Gasteiger partial charge on any atom is 0.305 e. The van der Waals surface area contributed by atoms with Crippen LogP contribution in [0.2, 0.25) is 0 Å². The molecule has 0 bridgehead atoms. The van der Waals surface area contributed by atoms with Crippen LogP contribution >= 0.6 is 0 Å². The van der Waals surface area contributed by atoms with Crippen molar-refractivity contribution in [2.45, 2.75) is 239 Å². The van der Waals surface area contributed by atoms with Crippen molar-refractivity contribution in [3.05, 3.63) is 0 Å². The van der Waals surface area contributed by atoms with Crippen molar-refractivity contribution >= 4 is 5.97 Å². The number of carbonyl (C=O) groups is 1. The Hall–Kier alpha value is -0.530. The second-order valence-corrected chi connectivity index (χ2v) is 13.3. The van der Waals surface area contributed by atoms with Gasteiger partial charge in [-0.2, -0.15) is 0 Å². The summed E-state index contributed by atoms with van der Waals surface area (Å²) < 4.78 is 5.46. The molecule has 0 aliphatic heterocycles. The smallest absolute Gasteiger partial charge is 0.305 e. The number of rotatable bonds is 36. The lowest BCUT2D eigenvalue weighted by Gasteiger charge is -2.06. The third-order valence-electron chi connectivity index (χ3n) is 9.00. The molecule has 0 fully saturated rings. The summed E-state index contributed by atoms with van der Waals surface area (Å²) in [7, 11) is 0. The zero-order valence-corrected chi connectivity index (χ0v) is 28.8. The van der Waals surface area contributed by atoms with E-state index in [1.807, 2.05) is 0 Å². The summed E-state index contributed by atoms with van der Waals surface area (Å²) in [5.74, 6) is 0.0299. The Morgan fingerprint density at radius 2 is 0.537 bits per heavy atom. The molecule has 0 rings (SSSR count). The number of carbonyl (C=O) groups excluding carboxylic acids is 1. The normalized spacial score (nSPS) is 11.4. The molecule has 2 heteroatoms. The molecule has 0 aromatic rings. The second-order valence-electron chi connectivity index (χ2n) is 13.3. The van der Waals surface area contributed by atoms with Gasteiger partial charge in [0.15, 0.2) is 0 Å². The molecule has 0 aliphatic rings. The summed E-state index contributed by atoms with van der Waals surface area (Å²) in [6.07, 6.45) is 47.5. The van der Waals surface area contributed by atoms with Crippen LogP contribution in [0.5, 0.6) is 0 Å². The molecule has 0 atom stereocenters. The van der Waals surface area contributed by atoms with E-state index in [4.69, 9.17) is 4.74 Å². The van der Waals surface area contributed by atoms with Gasteiger partial charge in [0, 0.05) is 6.42 Å². The van der Waals surface area contributed by atoms with Gasteiger partial charge in [-0.3, -0.25) is 4.79 Å². The lowest BCUT2D eigenvalue weighted by Crippen LogP contribution is -2.05. The molecule has 0 aromatic carbocycles. The first-order valence-corrected chi connectivity index (χ1v) is 19.5. The van der Waals surface area contributed by atoms with E-state index in [0.717, 1.165) is 12.8 Å². The first kappa shape index (κ1) is 40.5. The molecule has 0 aliphatic carbocycles. The van der Waals surface area contributed by atoms with Gasteiger partial charge in [-0.25, -0.2) is 0 Å². The van der Waals surface area contributed by atoms with Crippen LogP contribution in [0, 0.1) is 0 Å². The fourth-order valence-corrected chi connectivity index (χ4v) is 6.08. The maximum absolute atomic E-state index is 12.0. The summed E-state index contributed by atoms with van der Waals surface area (Å²) in [4.78, 5) is 12.0. The molecular weight excluding hydrogens is 500 g/mol. The minimum Gasteiger partial charge on any atom is -0.466 e. The van der Waals surface area contributed by atoms with E-state index in [1.54, 1.807) is 0 Å². The van der Waals surface area contributed by atoms with Crippen LogP contribution in [-0.2, 0) is 9.53 Å². The third-order valence-corrected chi connectivity index (χ3v) is 9.00. The Bertz CT molecular complexity index is 474. The van der Waals surface area contributed by atoms with Crippen molar-refractivity contribution in [1.82, 2.24) is 0 Å². The Kier molecular flexibility index (Phi) is 37.0. The maximum atomic E-state index is 12.0. The molecule has 0 spiro atoms.